The van der Waals surface area contributed by atoms with Gasteiger partial charge in [0.05, 0.1) is 6.42 Å². The van der Waals surface area contributed by atoms with Crippen LogP contribution in [-0.4, -0.2) is 5.67 Å². The van der Waals surface area contributed by atoms with E-state index in [9.17, 15) is 8.78 Å². The first kappa shape index (κ1) is 22.7. The van der Waals surface area contributed by atoms with Gasteiger partial charge in [-0.15, -0.1) is 0 Å². The fourth-order valence-corrected chi connectivity index (χ4v) is 4.91. The first-order valence-electron chi connectivity index (χ1n) is 11.8. The maximum atomic E-state index is 14.3. The van der Waals surface area contributed by atoms with Crippen LogP contribution in [0.25, 0.3) is 5.57 Å². The molecule has 1 aromatic rings. The smallest absolute Gasteiger partial charge is 0.220 e. The van der Waals surface area contributed by atoms with Crippen LogP contribution in [0.1, 0.15) is 88.7 Å². The van der Waals surface area contributed by atoms with Crippen molar-refractivity contribution in [2.24, 2.45) is 11.8 Å². The molecule has 0 amide bonds. The molecule has 0 heterocycles. The van der Waals surface area contributed by atoms with Crippen molar-refractivity contribution in [3.8, 4) is 6.07 Å². The summed E-state index contributed by atoms with van der Waals surface area (Å²) in [6, 6.07) is 9.48. The third-order valence-corrected chi connectivity index (χ3v) is 6.94. The maximum Gasteiger partial charge on any atom is 0.220 e. The Bertz CT molecular complexity index is 778. The minimum atomic E-state index is -2.22. The van der Waals surface area contributed by atoms with Gasteiger partial charge in [0.1, 0.15) is 11.9 Å². The van der Waals surface area contributed by atoms with Gasteiger partial charge in [0.15, 0.2) is 0 Å². The molecule has 2 aliphatic carbocycles. The first-order chi connectivity index (χ1) is 14.5. The number of halogens is 2. The Balaban J connectivity index is 1.43. The number of hydrogen-bond acceptors (Lipinski definition) is 1. The second kappa shape index (κ2) is 10.9. The molecule has 2 aliphatic rings. The molecule has 30 heavy (non-hydrogen) atoms. The lowest BCUT2D eigenvalue weighted by Crippen LogP contribution is -2.19. The van der Waals surface area contributed by atoms with E-state index in [0.717, 1.165) is 23.8 Å². The van der Waals surface area contributed by atoms with Gasteiger partial charge in [-0.3, -0.25) is 0 Å². The second-order valence-corrected chi connectivity index (χ2v) is 9.27. The zero-order valence-corrected chi connectivity index (χ0v) is 18.3. The van der Waals surface area contributed by atoms with Crippen LogP contribution in [0.3, 0.4) is 0 Å². The zero-order valence-electron chi connectivity index (χ0n) is 18.3. The highest BCUT2D eigenvalue weighted by Gasteiger charge is 2.32. The lowest BCUT2D eigenvalue weighted by Gasteiger charge is -2.28. The largest absolute Gasteiger partial charge is 0.222 e. The van der Waals surface area contributed by atoms with Crippen molar-refractivity contribution in [3.05, 3.63) is 53.4 Å². The average Bonchev–Trinajstić information content (AvgIpc) is 2.77. The molecule has 1 fully saturated rings. The highest BCUT2D eigenvalue weighted by Crippen LogP contribution is 2.36. The average molecular weight is 412 g/mol. The number of nitriles is 1. The van der Waals surface area contributed by atoms with Crippen LogP contribution in [0.5, 0.6) is 0 Å². The summed E-state index contributed by atoms with van der Waals surface area (Å²) in [5.74, 6) is 1.23. The summed E-state index contributed by atoms with van der Waals surface area (Å²) in [5, 5.41) is 8.83. The summed E-state index contributed by atoms with van der Waals surface area (Å²) in [6.07, 6.45) is 16.8. The van der Waals surface area contributed by atoms with Crippen molar-refractivity contribution in [2.45, 2.75) is 89.6 Å². The summed E-state index contributed by atoms with van der Waals surface area (Å²) in [5.41, 5.74) is 0.193. The predicted molar refractivity (Wildman–Crippen MR) is 120 cm³/mol. The van der Waals surface area contributed by atoms with Crippen LogP contribution in [-0.2, 0) is 6.42 Å². The van der Waals surface area contributed by atoms with Gasteiger partial charge >= 0.3 is 0 Å². The van der Waals surface area contributed by atoms with Crippen LogP contribution in [0, 0.1) is 23.2 Å². The number of benzene rings is 1. The van der Waals surface area contributed by atoms with E-state index in [2.05, 4.69) is 19.1 Å². The van der Waals surface area contributed by atoms with E-state index in [1.165, 1.54) is 88.0 Å². The Hall–Kier alpha value is -1.95. The number of allylic oxidation sites excluding steroid dienone is 4. The van der Waals surface area contributed by atoms with Gasteiger partial charge in [0.25, 0.3) is 0 Å². The molecule has 1 nitrogen and oxygen atoms in total. The van der Waals surface area contributed by atoms with Crippen LogP contribution in [0.15, 0.2) is 42.2 Å². The van der Waals surface area contributed by atoms with Gasteiger partial charge in [0, 0.05) is 5.57 Å². The van der Waals surface area contributed by atoms with Crippen molar-refractivity contribution >= 4 is 5.57 Å². The molecule has 1 atom stereocenters. The van der Waals surface area contributed by atoms with Gasteiger partial charge in [-0.05, 0) is 41.9 Å². The normalized spacial score (nSPS) is 26.6. The van der Waals surface area contributed by atoms with E-state index < -0.39 is 17.9 Å². The van der Waals surface area contributed by atoms with E-state index >= 15 is 0 Å². The monoisotopic (exact) mass is 411 g/mol. The Morgan fingerprint density at radius 1 is 1.00 bits per heavy atom. The van der Waals surface area contributed by atoms with E-state index in [0.29, 0.717) is 5.57 Å². The summed E-state index contributed by atoms with van der Waals surface area (Å²) in [6.45, 7) is 2.27. The van der Waals surface area contributed by atoms with Gasteiger partial charge in [-0.1, -0.05) is 95.1 Å². The number of hydrogen-bond donors (Lipinski definition) is 0. The van der Waals surface area contributed by atoms with E-state index in [1.807, 2.05) is 12.1 Å². The van der Waals surface area contributed by atoms with E-state index in [1.54, 1.807) is 0 Å². The highest BCUT2D eigenvalue weighted by molar-refractivity contribution is 5.77. The summed E-state index contributed by atoms with van der Waals surface area (Å²) < 4.78 is 28.3. The number of nitrogens with zero attached hydrogens (tertiary/aromatic N) is 1. The van der Waals surface area contributed by atoms with Crippen molar-refractivity contribution in [2.75, 3.05) is 0 Å². The van der Waals surface area contributed by atoms with Crippen molar-refractivity contribution < 1.29 is 8.78 Å². The molecule has 1 saturated carbocycles. The second-order valence-electron chi connectivity index (χ2n) is 9.27. The number of rotatable bonds is 9. The lowest BCUT2D eigenvalue weighted by molar-refractivity contribution is 0.249. The fourth-order valence-electron chi connectivity index (χ4n) is 4.91. The molecule has 0 N–H and O–H groups in total. The minimum Gasteiger partial charge on any atom is -0.222 e. The number of unbranched alkanes of at least 4 members (excludes halogenated alkanes) is 3. The maximum absolute atomic E-state index is 14.3. The molecule has 0 spiro atoms. The molecule has 1 aromatic carbocycles. The molecule has 0 saturated heterocycles. The topological polar surface area (TPSA) is 23.8 Å². The Labute approximate surface area is 180 Å². The molecule has 0 bridgehead atoms. The SMILES string of the molecule is CCCCCCC1CCC(CCc2ccc(C3=C(F)CC(F)(C#N)C=C3)cc2)CC1. The Morgan fingerprint density at radius 2 is 1.67 bits per heavy atom. The number of aryl methyl sites for hydroxylation is 1. The lowest BCUT2D eigenvalue weighted by atomic mass is 9.77. The third-order valence-electron chi connectivity index (χ3n) is 6.94. The molecular formula is C27H35F2N. The van der Waals surface area contributed by atoms with Crippen molar-refractivity contribution in [1.82, 2.24) is 0 Å². The first-order valence-corrected chi connectivity index (χ1v) is 11.8. The standard InChI is InChI=1S/C27H35F2N/c1-2-3-4-5-6-21-7-9-22(10-8-21)11-12-23-13-15-24(16-14-23)25-17-18-27(29,20-30)19-26(25)28/h13-18,21-22H,2-12,19H2,1H3. The van der Waals surface area contributed by atoms with Gasteiger partial charge in [-0.25, -0.2) is 8.78 Å². The van der Waals surface area contributed by atoms with Crippen LogP contribution in [0.4, 0.5) is 8.78 Å². The van der Waals surface area contributed by atoms with E-state index in [-0.39, 0.29) is 0 Å². The molecular weight excluding hydrogens is 376 g/mol. The quantitative estimate of drug-likeness (QED) is 0.375. The Morgan fingerprint density at radius 3 is 2.27 bits per heavy atom. The molecule has 3 rings (SSSR count). The van der Waals surface area contributed by atoms with Crippen molar-refractivity contribution in [1.29, 1.82) is 5.26 Å². The summed E-state index contributed by atoms with van der Waals surface area (Å²) in [7, 11) is 0. The zero-order chi connectivity index (χ0) is 21.4. The molecule has 3 heteroatoms. The summed E-state index contributed by atoms with van der Waals surface area (Å²) >= 11 is 0. The van der Waals surface area contributed by atoms with Crippen molar-refractivity contribution in [3.63, 3.8) is 0 Å². The fraction of sp³-hybridized carbons (Fsp3) is 0.593. The Kier molecular flexibility index (Phi) is 8.25. The molecule has 0 aromatic heterocycles. The summed E-state index contributed by atoms with van der Waals surface area (Å²) in [4.78, 5) is 0. The van der Waals surface area contributed by atoms with Gasteiger partial charge < -0.3 is 0 Å². The van der Waals surface area contributed by atoms with Crippen LogP contribution < -0.4 is 0 Å². The van der Waals surface area contributed by atoms with Gasteiger partial charge in [0.2, 0.25) is 5.67 Å². The molecule has 0 radical (unpaired) electrons. The molecule has 1 unspecified atom stereocenters. The van der Waals surface area contributed by atoms with E-state index in [4.69, 9.17) is 5.26 Å². The predicted octanol–water partition coefficient (Wildman–Crippen LogP) is 8.27. The number of alkyl halides is 1. The highest BCUT2D eigenvalue weighted by atomic mass is 19.1. The van der Waals surface area contributed by atoms with Crippen LogP contribution in [0.2, 0.25) is 0 Å². The molecule has 162 valence electrons. The third kappa shape index (κ3) is 6.27. The van der Waals surface area contributed by atoms with Gasteiger partial charge in [-0.2, -0.15) is 5.26 Å². The minimum absolute atomic E-state index is 0.391. The molecule has 0 aliphatic heterocycles. The van der Waals surface area contributed by atoms with Crippen LogP contribution >= 0.6 is 0 Å².